The summed E-state index contributed by atoms with van der Waals surface area (Å²) in [4.78, 5) is 0. The molecule has 58 heavy (non-hydrogen) atoms. The van der Waals surface area contributed by atoms with E-state index in [1.807, 2.05) is 11.3 Å². The Morgan fingerprint density at radius 3 is 1.72 bits per heavy atom. The van der Waals surface area contributed by atoms with E-state index in [1.165, 1.54) is 108 Å². The van der Waals surface area contributed by atoms with E-state index in [0.717, 1.165) is 5.69 Å². The zero-order valence-electron chi connectivity index (χ0n) is 31.6. The summed E-state index contributed by atoms with van der Waals surface area (Å²) in [5, 5.41) is 10.3. The van der Waals surface area contributed by atoms with Crippen molar-refractivity contribution in [3.63, 3.8) is 0 Å². The maximum absolute atomic E-state index is 2.41. The topological polar surface area (TPSA) is 4.93 Å². The van der Waals surface area contributed by atoms with E-state index in [-0.39, 0.29) is 0 Å². The molecule has 0 bridgehead atoms. The van der Waals surface area contributed by atoms with Gasteiger partial charge in [-0.15, -0.1) is 11.3 Å². The molecule has 270 valence electrons. The standard InChI is InChI=1S/C56H35NS/c1-2-14-44-42(11-1)35-51(47-16-4-3-15-46(44)47)41-13-9-12-39(33-41)40-29-32-54-52(34-40)48-17-5-7-21-53(48)57(54)43-30-27-37(28-31-43)36-23-25-38(26-24-36)45-19-10-20-50-49-18-6-8-22-55(49)58-56(45)50/h1-35H. The quantitative estimate of drug-likeness (QED) is 0.154. The fourth-order valence-corrected chi connectivity index (χ4v) is 10.4. The second-order valence-electron chi connectivity index (χ2n) is 15.3. The summed E-state index contributed by atoms with van der Waals surface area (Å²) in [6.45, 7) is 0. The zero-order chi connectivity index (χ0) is 38.2. The van der Waals surface area contributed by atoms with Gasteiger partial charge in [0, 0.05) is 36.6 Å². The van der Waals surface area contributed by atoms with E-state index in [2.05, 4.69) is 217 Å². The Morgan fingerprint density at radius 2 is 0.879 bits per heavy atom. The summed E-state index contributed by atoms with van der Waals surface area (Å²) in [6, 6.07) is 78.1. The zero-order valence-corrected chi connectivity index (χ0v) is 32.4. The largest absolute Gasteiger partial charge is 0.309 e. The van der Waals surface area contributed by atoms with Crippen LogP contribution < -0.4 is 0 Å². The van der Waals surface area contributed by atoms with Gasteiger partial charge in [0.1, 0.15) is 0 Å². The van der Waals surface area contributed by atoms with Crippen LogP contribution in [0.2, 0.25) is 0 Å². The Balaban J connectivity index is 0.894. The highest BCUT2D eigenvalue weighted by Crippen LogP contribution is 2.41. The van der Waals surface area contributed by atoms with Crippen LogP contribution in [-0.4, -0.2) is 4.57 Å². The molecule has 0 amide bonds. The van der Waals surface area contributed by atoms with Crippen molar-refractivity contribution in [1.82, 2.24) is 4.57 Å². The van der Waals surface area contributed by atoms with Gasteiger partial charge < -0.3 is 4.57 Å². The van der Waals surface area contributed by atoms with Crippen LogP contribution in [0.4, 0.5) is 0 Å². The Bertz CT molecular complexity index is 3550. The van der Waals surface area contributed by atoms with Crippen LogP contribution in [0.15, 0.2) is 212 Å². The molecule has 10 aromatic carbocycles. The van der Waals surface area contributed by atoms with Crippen molar-refractivity contribution in [3.05, 3.63) is 212 Å². The first-order valence-corrected chi connectivity index (χ1v) is 20.7. The smallest absolute Gasteiger partial charge is 0.0541 e. The molecule has 0 atom stereocenters. The molecule has 0 N–H and O–H groups in total. The Morgan fingerprint density at radius 1 is 0.293 bits per heavy atom. The highest BCUT2D eigenvalue weighted by Gasteiger charge is 2.15. The van der Waals surface area contributed by atoms with Crippen LogP contribution in [0.5, 0.6) is 0 Å². The first kappa shape index (κ1) is 32.9. The Kier molecular flexibility index (Phi) is 7.47. The fourth-order valence-electron chi connectivity index (χ4n) is 9.21. The molecular weight excluding hydrogens is 719 g/mol. The van der Waals surface area contributed by atoms with Gasteiger partial charge in [-0.1, -0.05) is 164 Å². The SMILES string of the molecule is c1cc(-c2ccc3c(c2)c2ccccc2n3-c2ccc(-c3ccc(-c4cccc5c4sc4ccccc45)cc3)cc2)cc(-c2cc3ccccc3c3ccccc23)c1. The molecule has 2 heteroatoms. The minimum atomic E-state index is 1.15. The number of rotatable bonds is 5. The van der Waals surface area contributed by atoms with Gasteiger partial charge in [-0.3, -0.25) is 0 Å². The molecule has 0 unspecified atom stereocenters. The molecule has 0 saturated carbocycles. The molecule has 2 heterocycles. The summed E-state index contributed by atoms with van der Waals surface area (Å²) < 4.78 is 5.09. The molecule has 2 aromatic heterocycles. The summed E-state index contributed by atoms with van der Waals surface area (Å²) >= 11 is 1.88. The number of hydrogen-bond donors (Lipinski definition) is 0. The monoisotopic (exact) mass is 753 g/mol. The van der Waals surface area contributed by atoms with Gasteiger partial charge in [-0.25, -0.2) is 0 Å². The predicted molar refractivity (Wildman–Crippen MR) is 250 cm³/mol. The van der Waals surface area contributed by atoms with Crippen molar-refractivity contribution in [3.8, 4) is 50.2 Å². The molecule has 12 rings (SSSR count). The van der Waals surface area contributed by atoms with Gasteiger partial charge >= 0.3 is 0 Å². The first-order valence-electron chi connectivity index (χ1n) is 19.9. The number of fused-ring (bicyclic) bond motifs is 9. The van der Waals surface area contributed by atoms with Crippen molar-refractivity contribution >= 4 is 74.9 Å². The summed E-state index contributed by atoms with van der Waals surface area (Å²) in [7, 11) is 0. The third kappa shape index (κ3) is 5.23. The van der Waals surface area contributed by atoms with Gasteiger partial charge in [0.05, 0.1) is 11.0 Å². The van der Waals surface area contributed by atoms with E-state index in [4.69, 9.17) is 0 Å². The second kappa shape index (κ2) is 13.2. The van der Waals surface area contributed by atoms with Gasteiger partial charge in [0.15, 0.2) is 0 Å². The molecule has 0 fully saturated rings. The molecule has 0 aliphatic carbocycles. The lowest BCUT2D eigenvalue weighted by Crippen LogP contribution is -1.93. The third-order valence-corrected chi connectivity index (χ3v) is 13.2. The number of para-hydroxylation sites is 1. The number of hydrogen-bond acceptors (Lipinski definition) is 1. The van der Waals surface area contributed by atoms with E-state index < -0.39 is 0 Å². The van der Waals surface area contributed by atoms with E-state index in [0.29, 0.717) is 0 Å². The maximum atomic E-state index is 2.41. The number of thiophene rings is 1. The first-order chi connectivity index (χ1) is 28.7. The lowest BCUT2D eigenvalue weighted by atomic mass is 9.91. The summed E-state index contributed by atoms with van der Waals surface area (Å²) in [5.74, 6) is 0. The lowest BCUT2D eigenvalue weighted by Gasteiger charge is -2.13. The third-order valence-electron chi connectivity index (χ3n) is 12.0. The average Bonchev–Trinajstić information content (AvgIpc) is 3.85. The van der Waals surface area contributed by atoms with Gasteiger partial charge in [0.2, 0.25) is 0 Å². The van der Waals surface area contributed by atoms with Gasteiger partial charge in [-0.05, 0) is 115 Å². The second-order valence-corrected chi connectivity index (χ2v) is 16.3. The normalized spacial score (nSPS) is 11.8. The number of aromatic nitrogens is 1. The van der Waals surface area contributed by atoms with Crippen molar-refractivity contribution < 1.29 is 0 Å². The van der Waals surface area contributed by atoms with E-state index in [1.54, 1.807) is 0 Å². The molecule has 0 aliphatic heterocycles. The lowest BCUT2D eigenvalue weighted by molar-refractivity contribution is 1.18. The average molecular weight is 754 g/mol. The van der Waals surface area contributed by atoms with Crippen molar-refractivity contribution in [2.75, 3.05) is 0 Å². The molecule has 0 spiro atoms. The molecule has 0 radical (unpaired) electrons. The molecule has 0 aliphatic rings. The van der Waals surface area contributed by atoms with Crippen LogP contribution in [0.3, 0.4) is 0 Å². The molecule has 1 nitrogen and oxygen atoms in total. The maximum Gasteiger partial charge on any atom is 0.0541 e. The van der Waals surface area contributed by atoms with Crippen molar-refractivity contribution in [2.24, 2.45) is 0 Å². The molecule has 0 saturated heterocycles. The van der Waals surface area contributed by atoms with Gasteiger partial charge in [0.25, 0.3) is 0 Å². The Labute approximate surface area is 340 Å². The summed E-state index contributed by atoms with van der Waals surface area (Å²) in [6.07, 6.45) is 0. The predicted octanol–water partition coefficient (Wildman–Crippen LogP) is 16.1. The minimum absolute atomic E-state index is 1.15. The van der Waals surface area contributed by atoms with Crippen LogP contribution in [0.25, 0.3) is 114 Å². The highest BCUT2D eigenvalue weighted by molar-refractivity contribution is 7.26. The van der Waals surface area contributed by atoms with E-state index >= 15 is 0 Å². The Hall–Kier alpha value is -7.26. The van der Waals surface area contributed by atoms with Gasteiger partial charge in [-0.2, -0.15) is 0 Å². The van der Waals surface area contributed by atoms with Crippen LogP contribution in [0.1, 0.15) is 0 Å². The highest BCUT2D eigenvalue weighted by atomic mass is 32.1. The van der Waals surface area contributed by atoms with Crippen LogP contribution in [0, 0.1) is 0 Å². The molecular formula is C56H35NS. The van der Waals surface area contributed by atoms with Crippen molar-refractivity contribution in [2.45, 2.75) is 0 Å². The number of nitrogens with zero attached hydrogens (tertiary/aromatic N) is 1. The van der Waals surface area contributed by atoms with E-state index in [9.17, 15) is 0 Å². The van der Waals surface area contributed by atoms with Crippen molar-refractivity contribution in [1.29, 1.82) is 0 Å². The molecule has 12 aromatic rings. The minimum Gasteiger partial charge on any atom is -0.309 e. The van der Waals surface area contributed by atoms with Crippen LogP contribution in [-0.2, 0) is 0 Å². The number of benzene rings is 10. The fraction of sp³-hybridized carbons (Fsp3) is 0. The van der Waals surface area contributed by atoms with Crippen LogP contribution >= 0.6 is 11.3 Å². The summed E-state index contributed by atoms with van der Waals surface area (Å²) in [5.41, 5.74) is 13.4.